The van der Waals surface area contributed by atoms with E-state index in [2.05, 4.69) is 31.7 Å². The molecule has 7 unspecified atom stereocenters. The highest BCUT2D eigenvalue weighted by Crippen LogP contribution is 2.62. The highest BCUT2D eigenvalue weighted by atomic mass is 32.2. The van der Waals surface area contributed by atoms with Gasteiger partial charge in [0.05, 0.1) is 35.8 Å². The molecular weight excluding hydrogens is 833 g/mol. The van der Waals surface area contributed by atoms with Crippen molar-refractivity contribution in [3.05, 3.63) is 77.7 Å². The molecule has 0 amide bonds. The molecule has 362 valence electrons. The van der Waals surface area contributed by atoms with Gasteiger partial charge in [-0.25, -0.2) is 0 Å². The van der Waals surface area contributed by atoms with E-state index in [1.165, 1.54) is 83.5 Å². The molecule has 1 saturated heterocycles. The number of nitrogens with zero attached hydrogens (tertiary/aromatic N) is 2. The van der Waals surface area contributed by atoms with Gasteiger partial charge in [0.15, 0.2) is 0 Å². The molecular formula is C55H84N2O7S. The van der Waals surface area contributed by atoms with E-state index in [1.807, 2.05) is 49.0 Å². The number of fused-ring (bicyclic) bond motifs is 2. The summed E-state index contributed by atoms with van der Waals surface area (Å²) >= 11 is 1.97. The number of aliphatic hydroxyl groups excluding tert-OH is 2. The third kappa shape index (κ3) is 15.1. The van der Waals surface area contributed by atoms with Crippen LogP contribution in [0.1, 0.15) is 184 Å². The third-order valence-corrected chi connectivity index (χ3v) is 15.6. The lowest BCUT2D eigenvalue weighted by molar-refractivity contribution is -0.223. The van der Waals surface area contributed by atoms with Crippen LogP contribution in [-0.2, 0) is 20.9 Å². The minimum Gasteiger partial charge on any atom is -0.487 e. The summed E-state index contributed by atoms with van der Waals surface area (Å²) in [7, 11) is 0. The second-order valence-corrected chi connectivity index (χ2v) is 20.5. The molecule has 65 heavy (non-hydrogen) atoms. The van der Waals surface area contributed by atoms with E-state index in [1.54, 1.807) is 0 Å². The van der Waals surface area contributed by atoms with E-state index >= 15 is 0 Å². The lowest BCUT2D eigenvalue weighted by Crippen LogP contribution is -2.64. The first-order valence-electron chi connectivity index (χ1n) is 26.0. The fraction of sp³-hybridized carbons (Fsp3) is 0.709. The number of allylic oxidation sites excluding steroid dienone is 1. The molecule has 2 fully saturated rings. The smallest absolute Gasteiger partial charge is 0.230 e. The zero-order valence-electron chi connectivity index (χ0n) is 40.2. The van der Waals surface area contributed by atoms with E-state index in [0.29, 0.717) is 26.2 Å². The lowest BCUT2D eigenvalue weighted by Gasteiger charge is -2.58. The molecule has 4 aliphatic rings. The summed E-state index contributed by atoms with van der Waals surface area (Å²) in [6, 6.07) is 12.4. The number of aromatic nitrogens is 1. The first kappa shape index (κ1) is 51.5. The van der Waals surface area contributed by atoms with Gasteiger partial charge in [-0.1, -0.05) is 127 Å². The number of pyridine rings is 1. The molecule has 1 aromatic heterocycles. The zero-order valence-corrected chi connectivity index (χ0v) is 41.1. The second kappa shape index (κ2) is 28.4. The third-order valence-electron chi connectivity index (χ3n) is 14.2. The van der Waals surface area contributed by atoms with Crippen LogP contribution in [-0.4, -0.2) is 70.4 Å². The number of aliphatic hydroxyl groups is 2. The second-order valence-electron chi connectivity index (χ2n) is 19.2. The van der Waals surface area contributed by atoms with Crippen molar-refractivity contribution in [2.24, 2.45) is 22.9 Å². The Kier molecular flexibility index (Phi) is 22.5. The highest BCUT2D eigenvalue weighted by Gasteiger charge is 2.64. The molecule has 0 bridgehead atoms. The molecule has 0 spiro atoms. The predicted octanol–water partition coefficient (Wildman–Crippen LogP) is 13.3. The molecule has 7 atom stereocenters. The maximum atomic E-state index is 10.0. The Morgan fingerprint density at radius 1 is 0.877 bits per heavy atom. The van der Waals surface area contributed by atoms with E-state index in [9.17, 15) is 10.2 Å². The summed E-state index contributed by atoms with van der Waals surface area (Å²) < 4.78 is 27.2. The summed E-state index contributed by atoms with van der Waals surface area (Å²) in [6.07, 6.45) is 31.6. The van der Waals surface area contributed by atoms with Gasteiger partial charge in [0, 0.05) is 43.2 Å². The topological polar surface area (TPSA) is 112 Å². The average Bonchev–Trinajstić information content (AvgIpc) is 3.32. The SMILES string of the molecule is C=CCOC12Oc3ccc(OCc4cccc(C)n4)cc3C3C(CCCCO)C(CCCCO)C=C(C(=NOC4CCCCO4)CC1SCCCCCCCCCCCCCCCC)C32. The summed E-state index contributed by atoms with van der Waals surface area (Å²) in [4.78, 5) is 11.0. The van der Waals surface area contributed by atoms with Gasteiger partial charge in [-0.2, -0.15) is 11.8 Å². The van der Waals surface area contributed by atoms with Gasteiger partial charge in [-0.15, -0.1) is 6.58 Å². The van der Waals surface area contributed by atoms with Gasteiger partial charge >= 0.3 is 0 Å². The van der Waals surface area contributed by atoms with E-state index in [4.69, 9.17) is 33.9 Å². The van der Waals surface area contributed by atoms with E-state index in [-0.39, 0.29) is 48.4 Å². The van der Waals surface area contributed by atoms with Crippen LogP contribution < -0.4 is 9.47 Å². The number of hydrogen-bond acceptors (Lipinski definition) is 10. The number of rotatable bonds is 32. The van der Waals surface area contributed by atoms with Crippen molar-refractivity contribution in [3.8, 4) is 11.5 Å². The Morgan fingerprint density at radius 2 is 1.60 bits per heavy atom. The molecule has 2 aliphatic carbocycles. The lowest BCUT2D eigenvalue weighted by atomic mass is 9.56. The van der Waals surface area contributed by atoms with Gasteiger partial charge in [-0.3, -0.25) is 4.98 Å². The Bertz CT molecular complexity index is 1750. The number of ether oxygens (including phenoxy) is 4. The number of thioether (sulfide) groups is 1. The molecule has 0 radical (unpaired) electrons. The van der Waals surface area contributed by atoms with Crippen molar-refractivity contribution < 1.29 is 34.0 Å². The Balaban J connectivity index is 1.27. The maximum absolute atomic E-state index is 10.0. The zero-order chi connectivity index (χ0) is 45.5. The average molecular weight is 917 g/mol. The monoisotopic (exact) mass is 917 g/mol. The molecule has 6 rings (SSSR count). The van der Waals surface area contributed by atoms with Crippen LogP contribution in [0.3, 0.4) is 0 Å². The standard InChI is InChI=1S/C55H84N2O7S/c1-4-6-7-8-9-10-11-12-13-14-15-16-17-24-37-65-51-40-49(57-64-52-30-20-23-36-60-52)47-38-43(27-18-21-33-58)46(29-19-22-34-59)53-48-39-45(61-41-44-28-25-26-42(3)56-44)31-32-50(48)63-55(51,54(47)53)62-35-5-2/h5,25-26,28,31-32,38-39,43,46,51-54,58-59H,2,4,6-24,27,29-30,33-37,40-41H2,1,3H3. The fourth-order valence-corrected chi connectivity index (χ4v) is 12.3. The molecule has 2 N–H and O–H groups in total. The van der Waals surface area contributed by atoms with Crippen molar-refractivity contribution >= 4 is 17.5 Å². The first-order valence-corrected chi connectivity index (χ1v) is 27.1. The van der Waals surface area contributed by atoms with Crippen LogP contribution in [0, 0.1) is 24.7 Å². The summed E-state index contributed by atoms with van der Waals surface area (Å²) in [5.41, 5.74) is 5.10. The Morgan fingerprint density at radius 3 is 2.28 bits per heavy atom. The Labute approximate surface area is 396 Å². The van der Waals surface area contributed by atoms with Gasteiger partial charge in [0.2, 0.25) is 12.1 Å². The first-order chi connectivity index (χ1) is 32.0. The number of aryl methyl sites for hydroxylation is 1. The van der Waals surface area contributed by atoms with E-state index < -0.39 is 5.79 Å². The number of oxime groups is 1. The van der Waals surface area contributed by atoms with Crippen LogP contribution in [0.15, 0.2) is 65.9 Å². The van der Waals surface area contributed by atoms with Crippen LogP contribution >= 0.6 is 11.8 Å². The Hall–Kier alpha value is -2.89. The molecule has 3 heterocycles. The largest absolute Gasteiger partial charge is 0.487 e. The molecule has 9 nitrogen and oxygen atoms in total. The molecule has 2 aromatic rings. The van der Waals surface area contributed by atoms with Crippen LogP contribution in [0.25, 0.3) is 0 Å². The minimum atomic E-state index is -0.974. The molecule has 2 aliphatic heterocycles. The maximum Gasteiger partial charge on any atom is 0.230 e. The summed E-state index contributed by atoms with van der Waals surface area (Å²) in [5.74, 6) is 1.95. The van der Waals surface area contributed by atoms with Crippen molar-refractivity contribution in [3.63, 3.8) is 0 Å². The molecule has 1 aromatic carbocycles. The van der Waals surface area contributed by atoms with Crippen molar-refractivity contribution in [1.82, 2.24) is 4.98 Å². The highest BCUT2D eigenvalue weighted by molar-refractivity contribution is 8.00. The normalized spacial score (nSPS) is 25.4. The summed E-state index contributed by atoms with van der Waals surface area (Å²) in [5, 5.41) is 24.9. The summed E-state index contributed by atoms with van der Waals surface area (Å²) in [6.45, 7) is 10.2. The van der Waals surface area contributed by atoms with Gasteiger partial charge in [0.1, 0.15) is 18.1 Å². The van der Waals surface area contributed by atoms with Crippen LogP contribution in [0.2, 0.25) is 0 Å². The number of hydrogen-bond donors (Lipinski definition) is 2. The van der Waals surface area contributed by atoms with Crippen molar-refractivity contribution in [1.29, 1.82) is 0 Å². The fourth-order valence-electron chi connectivity index (χ4n) is 10.8. The molecule has 10 heteroatoms. The van der Waals surface area contributed by atoms with Crippen molar-refractivity contribution in [2.75, 3.05) is 32.2 Å². The molecule has 1 saturated carbocycles. The number of benzene rings is 1. The quantitative estimate of drug-likeness (QED) is 0.0421. The van der Waals surface area contributed by atoms with Crippen LogP contribution in [0.4, 0.5) is 0 Å². The van der Waals surface area contributed by atoms with Crippen LogP contribution in [0.5, 0.6) is 11.5 Å². The predicted molar refractivity (Wildman–Crippen MR) is 266 cm³/mol. The number of unbranched alkanes of at least 4 members (excludes halogenated alkanes) is 15. The van der Waals surface area contributed by atoms with Gasteiger partial charge < -0.3 is 34.0 Å². The van der Waals surface area contributed by atoms with Gasteiger partial charge in [-0.05, 0) is 105 Å². The minimum absolute atomic E-state index is 0.0163. The van der Waals surface area contributed by atoms with Crippen molar-refractivity contribution in [2.45, 2.75) is 198 Å². The van der Waals surface area contributed by atoms with E-state index in [0.717, 1.165) is 110 Å². The van der Waals surface area contributed by atoms with Gasteiger partial charge in [0.25, 0.3) is 0 Å².